The van der Waals surface area contributed by atoms with Crippen molar-refractivity contribution in [3.63, 3.8) is 0 Å². The van der Waals surface area contributed by atoms with Crippen molar-refractivity contribution in [1.29, 1.82) is 0 Å². The van der Waals surface area contributed by atoms with Gasteiger partial charge in [0.15, 0.2) is 0 Å². The number of para-hydroxylation sites is 1. The summed E-state index contributed by atoms with van der Waals surface area (Å²) in [7, 11) is 0. The molecule has 2 N–H and O–H groups in total. The second kappa shape index (κ2) is 8.99. The zero-order chi connectivity index (χ0) is 21.8. The highest BCUT2D eigenvalue weighted by atomic mass is 16.6. The van der Waals surface area contributed by atoms with E-state index < -0.39 is 10.9 Å². The standard InChI is InChI=1S/C21H24N6O4/c1-2-3-10-31-18(28)11-22-20-19(27(29)30)21(24-13-23-20)26-9-8-15-14-6-4-5-7-16(14)25-17(15)12-26/h4-7,13,25H,2-3,8-12H2,1H3,(H,22,23,24). The second-order valence-corrected chi connectivity index (χ2v) is 7.38. The van der Waals surface area contributed by atoms with Crippen molar-refractivity contribution in [2.45, 2.75) is 32.7 Å². The van der Waals surface area contributed by atoms with Gasteiger partial charge < -0.3 is 19.9 Å². The number of fused-ring (bicyclic) bond motifs is 3. The number of hydrogen-bond acceptors (Lipinski definition) is 8. The third-order valence-electron chi connectivity index (χ3n) is 5.33. The number of carbonyl (C=O) groups is 1. The minimum atomic E-state index is -0.513. The summed E-state index contributed by atoms with van der Waals surface area (Å²) in [6, 6.07) is 8.08. The van der Waals surface area contributed by atoms with E-state index in [1.165, 1.54) is 17.3 Å². The summed E-state index contributed by atoms with van der Waals surface area (Å²) in [5, 5.41) is 15.8. The SMILES string of the molecule is CCCCOC(=O)CNc1ncnc(N2CCc3c([nH]c4ccccc34)C2)c1[N+](=O)[O-]. The fourth-order valence-corrected chi connectivity index (χ4v) is 3.81. The van der Waals surface area contributed by atoms with E-state index in [2.05, 4.69) is 26.3 Å². The van der Waals surface area contributed by atoms with Crippen molar-refractivity contribution in [2.75, 3.05) is 29.9 Å². The van der Waals surface area contributed by atoms with Crippen molar-refractivity contribution < 1.29 is 14.5 Å². The van der Waals surface area contributed by atoms with Crippen LogP contribution in [0.2, 0.25) is 0 Å². The van der Waals surface area contributed by atoms with Crippen LogP contribution in [0, 0.1) is 10.1 Å². The van der Waals surface area contributed by atoms with Crippen molar-refractivity contribution in [3.05, 3.63) is 52.0 Å². The Balaban J connectivity index is 1.55. The van der Waals surface area contributed by atoms with Gasteiger partial charge in [-0.15, -0.1) is 0 Å². The van der Waals surface area contributed by atoms with Gasteiger partial charge in [-0.1, -0.05) is 31.5 Å². The number of nitro groups is 1. The van der Waals surface area contributed by atoms with E-state index in [-0.39, 0.29) is 23.9 Å². The van der Waals surface area contributed by atoms with Crippen LogP contribution in [0.1, 0.15) is 31.0 Å². The number of aromatic amines is 1. The van der Waals surface area contributed by atoms with Gasteiger partial charge in [0.05, 0.1) is 18.1 Å². The average Bonchev–Trinajstić information content (AvgIpc) is 3.15. The first-order valence-electron chi connectivity index (χ1n) is 10.3. The number of ether oxygens (including phenoxy) is 1. The predicted octanol–water partition coefficient (Wildman–Crippen LogP) is 3.18. The normalized spacial score (nSPS) is 13.1. The van der Waals surface area contributed by atoms with Gasteiger partial charge in [0.2, 0.25) is 11.6 Å². The number of aromatic nitrogens is 3. The number of rotatable bonds is 8. The van der Waals surface area contributed by atoms with Crippen LogP contribution in [-0.2, 0) is 22.5 Å². The van der Waals surface area contributed by atoms with Gasteiger partial charge in [-0.05, 0) is 24.5 Å². The summed E-state index contributed by atoms with van der Waals surface area (Å²) in [6.07, 6.45) is 3.70. The lowest BCUT2D eigenvalue weighted by atomic mass is 10.0. The third kappa shape index (κ3) is 4.27. The molecule has 0 unspecified atom stereocenters. The molecule has 0 aliphatic carbocycles. The zero-order valence-corrected chi connectivity index (χ0v) is 17.3. The minimum absolute atomic E-state index is 0.00452. The third-order valence-corrected chi connectivity index (χ3v) is 5.33. The Morgan fingerprint density at radius 3 is 3.00 bits per heavy atom. The number of esters is 1. The summed E-state index contributed by atoms with van der Waals surface area (Å²) in [6.45, 7) is 3.19. The van der Waals surface area contributed by atoms with Gasteiger partial charge in [-0.25, -0.2) is 9.97 Å². The van der Waals surface area contributed by atoms with Gasteiger partial charge in [0.1, 0.15) is 12.9 Å². The maximum atomic E-state index is 11.9. The molecule has 1 aliphatic rings. The number of carbonyl (C=O) groups excluding carboxylic acids is 1. The first-order valence-corrected chi connectivity index (χ1v) is 10.3. The lowest BCUT2D eigenvalue weighted by Crippen LogP contribution is -2.32. The van der Waals surface area contributed by atoms with Crippen LogP contribution in [0.4, 0.5) is 17.3 Å². The monoisotopic (exact) mass is 424 g/mol. The Labute approximate surface area is 178 Å². The Kier molecular flexibility index (Phi) is 5.96. The summed E-state index contributed by atoms with van der Waals surface area (Å²) >= 11 is 0. The Bertz CT molecular complexity index is 1110. The van der Waals surface area contributed by atoms with Gasteiger partial charge >= 0.3 is 11.7 Å². The van der Waals surface area contributed by atoms with E-state index in [9.17, 15) is 14.9 Å². The van der Waals surface area contributed by atoms with Gasteiger partial charge in [-0.3, -0.25) is 14.9 Å². The molecule has 0 atom stereocenters. The molecule has 0 saturated heterocycles. The molecule has 0 radical (unpaired) electrons. The highest BCUT2D eigenvalue weighted by molar-refractivity contribution is 5.85. The Morgan fingerprint density at radius 2 is 2.19 bits per heavy atom. The minimum Gasteiger partial charge on any atom is -0.464 e. The number of hydrogen-bond donors (Lipinski definition) is 2. The van der Waals surface area contributed by atoms with Crippen LogP contribution >= 0.6 is 0 Å². The fraction of sp³-hybridized carbons (Fsp3) is 0.381. The van der Waals surface area contributed by atoms with Gasteiger partial charge in [0, 0.05) is 23.1 Å². The zero-order valence-electron chi connectivity index (χ0n) is 17.3. The van der Waals surface area contributed by atoms with E-state index in [1.54, 1.807) is 0 Å². The number of anilines is 2. The van der Waals surface area contributed by atoms with E-state index in [4.69, 9.17) is 4.74 Å². The summed E-state index contributed by atoms with van der Waals surface area (Å²) < 4.78 is 5.09. The molecular formula is C21H24N6O4. The van der Waals surface area contributed by atoms with Crippen LogP contribution in [0.25, 0.3) is 10.9 Å². The summed E-state index contributed by atoms with van der Waals surface area (Å²) in [4.78, 5) is 36.7. The number of H-pyrrole nitrogens is 1. The molecule has 0 bridgehead atoms. The number of nitrogens with zero attached hydrogens (tertiary/aromatic N) is 4. The largest absolute Gasteiger partial charge is 0.464 e. The molecule has 10 nitrogen and oxygen atoms in total. The number of unbranched alkanes of at least 4 members (excludes halogenated alkanes) is 1. The quantitative estimate of drug-likeness (QED) is 0.244. The Hall–Kier alpha value is -3.69. The van der Waals surface area contributed by atoms with Crippen LogP contribution < -0.4 is 10.2 Å². The lowest BCUT2D eigenvalue weighted by Gasteiger charge is -2.27. The number of nitrogens with one attached hydrogen (secondary N) is 2. The maximum Gasteiger partial charge on any atom is 0.353 e. The highest BCUT2D eigenvalue weighted by Crippen LogP contribution is 2.35. The van der Waals surface area contributed by atoms with Crippen LogP contribution in [0.3, 0.4) is 0 Å². The van der Waals surface area contributed by atoms with Crippen LogP contribution in [0.15, 0.2) is 30.6 Å². The molecule has 0 fully saturated rings. The number of benzene rings is 1. The summed E-state index contributed by atoms with van der Waals surface area (Å²) in [5.74, 6) is -0.250. The highest BCUT2D eigenvalue weighted by Gasteiger charge is 2.30. The molecule has 3 heterocycles. The maximum absolute atomic E-state index is 11.9. The summed E-state index contributed by atoms with van der Waals surface area (Å²) in [5.41, 5.74) is 3.06. The molecule has 3 aromatic rings. The molecule has 31 heavy (non-hydrogen) atoms. The van der Waals surface area contributed by atoms with Crippen molar-refractivity contribution in [1.82, 2.24) is 15.0 Å². The molecule has 0 amide bonds. The first kappa shape index (κ1) is 20.6. The molecule has 0 saturated carbocycles. The van der Waals surface area contributed by atoms with E-state index in [0.29, 0.717) is 19.7 Å². The predicted molar refractivity (Wildman–Crippen MR) is 116 cm³/mol. The molecular weight excluding hydrogens is 400 g/mol. The van der Waals surface area contributed by atoms with Crippen molar-refractivity contribution >= 4 is 34.2 Å². The van der Waals surface area contributed by atoms with Gasteiger partial charge in [0.25, 0.3) is 0 Å². The second-order valence-electron chi connectivity index (χ2n) is 7.38. The van der Waals surface area contributed by atoms with Gasteiger partial charge in [-0.2, -0.15) is 0 Å². The molecule has 1 aromatic carbocycles. The van der Waals surface area contributed by atoms with Crippen LogP contribution in [-0.4, -0.2) is 45.5 Å². The smallest absolute Gasteiger partial charge is 0.353 e. The van der Waals surface area contributed by atoms with Crippen molar-refractivity contribution in [3.8, 4) is 0 Å². The van der Waals surface area contributed by atoms with Crippen molar-refractivity contribution in [2.24, 2.45) is 0 Å². The van der Waals surface area contributed by atoms with Crippen LogP contribution in [0.5, 0.6) is 0 Å². The molecule has 162 valence electrons. The molecule has 10 heteroatoms. The molecule has 1 aliphatic heterocycles. The lowest BCUT2D eigenvalue weighted by molar-refractivity contribution is -0.383. The average molecular weight is 424 g/mol. The molecule has 0 spiro atoms. The molecule has 2 aromatic heterocycles. The van der Waals surface area contributed by atoms with E-state index >= 15 is 0 Å². The topological polar surface area (TPSA) is 126 Å². The molecule has 4 rings (SSSR count). The Morgan fingerprint density at radius 1 is 1.35 bits per heavy atom. The first-order chi connectivity index (χ1) is 15.1. The van der Waals surface area contributed by atoms with E-state index in [0.717, 1.165) is 30.5 Å². The fourth-order valence-electron chi connectivity index (χ4n) is 3.81. The van der Waals surface area contributed by atoms with E-state index in [1.807, 2.05) is 30.0 Å².